The van der Waals surface area contributed by atoms with Gasteiger partial charge >= 0.3 is 0 Å². The highest BCUT2D eigenvalue weighted by Crippen LogP contribution is 2.17. The van der Waals surface area contributed by atoms with Gasteiger partial charge in [-0.25, -0.2) is 4.39 Å². The lowest BCUT2D eigenvalue weighted by atomic mass is 10.1. The predicted molar refractivity (Wildman–Crippen MR) is 83.4 cm³/mol. The van der Waals surface area contributed by atoms with Crippen molar-refractivity contribution in [2.45, 2.75) is 19.5 Å². The molecule has 106 valence electrons. The van der Waals surface area contributed by atoms with E-state index in [1.807, 2.05) is 25.3 Å². The largest absolute Gasteiger partial charge is 0.306 e. The molecule has 1 aromatic heterocycles. The van der Waals surface area contributed by atoms with E-state index < -0.39 is 0 Å². The summed E-state index contributed by atoms with van der Waals surface area (Å²) < 4.78 is 13.2. The Hall–Kier alpha value is -2.26. The average Bonchev–Trinajstić information content (AvgIpc) is 2.52. The van der Waals surface area contributed by atoms with Crippen molar-refractivity contribution in [1.82, 2.24) is 10.3 Å². The van der Waals surface area contributed by atoms with Crippen LogP contribution in [-0.2, 0) is 6.54 Å². The normalized spacial score (nSPS) is 12.5. The third-order valence-electron chi connectivity index (χ3n) is 3.67. The Balaban J connectivity index is 1.71. The molecule has 3 heteroatoms. The molecule has 0 fully saturated rings. The topological polar surface area (TPSA) is 24.9 Å². The molecule has 2 aromatic carbocycles. The SMILES string of the molecule is C[C@@H](NCc1ccc2cnccc2c1)c1cccc(F)c1. The third-order valence-corrected chi connectivity index (χ3v) is 3.67. The molecule has 3 aromatic rings. The molecule has 1 heterocycles. The van der Waals surface area contributed by atoms with Crippen molar-refractivity contribution in [3.63, 3.8) is 0 Å². The Bertz CT molecular complexity index is 755. The van der Waals surface area contributed by atoms with Crippen LogP contribution in [0.25, 0.3) is 10.8 Å². The zero-order valence-electron chi connectivity index (χ0n) is 11.9. The second-order valence-electron chi connectivity index (χ2n) is 5.21. The summed E-state index contributed by atoms with van der Waals surface area (Å²) in [7, 11) is 0. The lowest BCUT2D eigenvalue weighted by Crippen LogP contribution is -2.18. The second-order valence-corrected chi connectivity index (χ2v) is 5.21. The molecule has 2 nitrogen and oxygen atoms in total. The Kier molecular flexibility index (Phi) is 3.93. The monoisotopic (exact) mass is 280 g/mol. The van der Waals surface area contributed by atoms with Crippen LogP contribution in [0.3, 0.4) is 0 Å². The van der Waals surface area contributed by atoms with Crippen molar-refractivity contribution in [1.29, 1.82) is 0 Å². The zero-order valence-corrected chi connectivity index (χ0v) is 11.9. The minimum Gasteiger partial charge on any atom is -0.306 e. The van der Waals surface area contributed by atoms with Gasteiger partial charge in [-0.2, -0.15) is 0 Å². The molecule has 1 atom stereocenters. The van der Waals surface area contributed by atoms with Gasteiger partial charge in [0.15, 0.2) is 0 Å². The Morgan fingerprint density at radius 1 is 1.10 bits per heavy atom. The van der Waals surface area contributed by atoms with Crippen molar-refractivity contribution in [3.05, 3.63) is 77.9 Å². The highest BCUT2D eigenvalue weighted by atomic mass is 19.1. The van der Waals surface area contributed by atoms with Crippen LogP contribution in [0.15, 0.2) is 60.9 Å². The first-order valence-electron chi connectivity index (χ1n) is 7.04. The zero-order chi connectivity index (χ0) is 14.7. The molecule has 0 bridgehead atoms. The van der Waals surface area contributed by atoms with Crippen LogP contribution in [0.4, 0.5) is 4.39 Å². The van der Waals surface area contributed by atoms with Crippen LogP contribution in [0.1, 0.15) is 24.1 Å². The molecular weight excluding hydrogens is 263 g/mol. The van der Waals surface area contributed by atoms with Crippen LogP contribution in [0.5, 0.6) is 0 Å². The van der Waals surface area contributed by atoms with Gasteiger partial charge in [0, 0.05) is 30.4 Å². The fourth-order valence-corrected chi connectivity index (χ4v) is 2.41. The highest BCUT2D eigenvalue weighted by molar-refractivity contribution is 5.81. The van der Waals surface area contributed by atoms with Crippen molar-refractivity contribution in [2.75, 3.05) is 0 Å². The van der Waals surface area contributed by atoms with E-state index in [2.05, 4.69) is 28.5 Å². The third kappa shape index (κ3) is 3.26. The first-order valence-corrected chi connectivity index (χ1v) is 7.04. The Morgan fingerprint density at radius 2 is 2.00 bits per heavy atom. The predicted octanol–water partition coefficient (Wildman–Crippen LogP) is 4.22. The van der Waals surface area contributed by atoms with E-state index in [4.69, 9.17) is 0 Å². The molecule has 1 N–H and O–H groups in total. The summed E-state index contributed by atoms with van der Waals surface area (Å²) in [5.41, 5.74) is 2.16. The Morgan fingerprint density at radius 3 is 2.86 bits per heavy atom. The van der Waals surface area contributed by atoms with Crippen molar-refractivity contribution < 1.29 is 4.39 Å². The van der Waals surface area contributed by atoms with Gasteiger partial charge in [-0.15, -0.1) is 0 Å². The lowest BCUT2D eigenvalue weighted by molar-refractivity contribution is 0.565. The van der Waals surface area contributed by atoms with Crippen molar-refractivity contribution >= 4 is 10.8 Å². The molecule has 21 heavy (non-hydrogen) atoms. The van der Waals surface area contributed by atoms with Crippen LogP contribution >= 0.6 is 0 Å². The van der Waals surface area contributed by atoms with E-state index in [0.29, 0.717) is 0 Å². The number of hydrogen-bond donors (Lipinski definition) is 1. The molecule has 0 saturated heterocycles. The molecular formula is C18H17FN2. The van der Waals surface area contributed by atoms with Gasteiger partial charge in [0.2, 0.25) is 0 Å². The number of halogens is 1. The van der Waals surface area contributed by atoms with Crippen LogP contribution in [0.2, 0.25) is 0 Å². The molecule has 0 aliphatic carbocycles. The number of benzene rings is 2. The van der Waals surface area contributed by atoms with E-state index >= 15 is 0 Å². The summed E-state index contributed by atoms with van der Waals surface area (Å²) in [4.78, 5) is 4.11. The van der Waals surface area contributed by atoms with E-state index in [-0.39, 0.29) is 11.9 Å². The number of fused-ring (bicyclic) bond motifs is 1. The number of rotatable bonds is 4. The van der Waals surface area contributed by atoms with Gasteiger partial charge < -0.3 is 5.32 Å². The van der Waals surface area contributed by atoms with Gasteiger partial charge in [-0.3, -0.25) is 4.98 Å². The summed E-state index contributed by atoms with van der Waals surface area (Å²) in [6.07, 6.45) is 3.66. The minimum atomic E-state index is -0.195. The summed E-state index contributed by atoms with van der Waals surface area (Å²) >= 11 is 0. The maximum absolute atomic E-state index is 13.2. The molecule has 0 saturated carbocycles. The molecule has 0 aliphatic heterocycles. The number of aromatic nitrogens is 1. The van der Waals surface area contributed by atoms with E-state index in [9.17, 15) is 4.39 Å². The first kappa shape index (κ1) is 13.7. The van der Waals surface area contributed by atoms with Crippen molar-refractivity contribution in [2.24, 2.45) is 0 Å². The van der Waals surface area contributed by atoms with Gasteiger partial charge in [0.1, 0.15) is 5.82 Å². The van der Waals surface area contributed by atoms with E-state index in [1.165, 1.54) is 17.0 Å². The molecule has 0 aliphatic rings. The van der Waals surface area contributed by atoms with Gasteiger partial charge in [-0.1, -0.05) is 24.3 Å². The average molecular weight is 280 g/mol. The van der Waals surface area contributed by atoms with Crippen molar-refractivity contribution in [3.8, 4) is 0 Å². The van der Waals surface area contributed by atoms with E-state index in [1.54, 1.807) is 18.3 Å². The fraction of sp³-hybridized carbons (Fsp3) is 0.167. The van der Waals surface area contributed by atoms with Gasteiger partial charge in [0.05, 0.1) is 0 Å². The first-order chi connectivity index (χ1) is 10.2. The summed E-state index contributed by atoms with van der Waals surface area (Å²) in [5.74, 6) is -0.195. The highest BCUT2D eigenvalue weighted by Gasteiger charge is 2.06. The minimum absolute atomic E-state index is 0.105. The molecule has 3 rings (SSSR count). The maximum Gasteiger partial charge on any atom is 0.123 e. The summed E-state index contributed by atoms with van der Waals surface area (Å²) in [5, 5.41) is 5.75. The number of nitrogens with one attached hydrogen (secondary N) is 1. The number of pyridine rings is 1. The number of nitrogens with zero attached hydrogens (tertiary/aromatic N) is 1. The van der Waals surface area contributed by atoms with E-state index in [0.717, 1.165) is 17.5 Å². The molecule has 0 unspecified atom stereocenters. The lowest BCUT2D eigenvalue weighted by Gasteiger charge is -2.14. The number of hydrogen-bond acceptors (Lipinski definition) is 2. The van der Waals surface area contributed by atoms with Gasteiger partial charge in [0.25, 0.3) is 0 Å². The van der Waals surface area contributed by atoms with Crippen LogP contribution in [0, 0.1) is 5.82 Å². The van der Waals surface area contributed by atoms with Gasteiger partial charge in [-0.05, 0) is 47.7 Å². The molecule has 0 radical (unpaired) electrons. The second kappa shape index (κ2) is 6.02. The fourth-order valence-electron chi connectivity index (χ4n) is 2.41. The summed E-state index contributed by atoms with van der Waals surface area (Å²) in [6.45, 7) is 2.79. The van der Waals surface area contributed by atoms with Crippen LogP contribution < -0.4 is 5.32 Å². The van der Waals surface area contributed by atoms with Crippen LogP contribution in [-0.4, -0.2) is 4.98 Å². The Labute approximate surface area is 123 Å². The quantitative estimate of drug-likeness (QED) is 0.773. The summed E-state index contributed by atoms with van der Waals surface area (Å²) in [6, 6.07) is 15.2. The standard InChI is InChI=1S/C18H17FN2/c1-13(15-3-2-4-18(19)10-15)21-11-14-5-6-17-12-20-8-7-16(17)9-14/h2-10,12-13,21H,11H2,1H3/t13-/m1/s1. The molecule has 0 spiro atoms. The maximum atomic E-state index is 13.2. The molecule has 0 amide bonds. The smallest absolute Gasteiger partial charge is 0.123 e.